The maximum atomic E-state index is 12.6. The lowest BCUT2D eigenvalue weighted by Gasteiger charge is -2.30. The first-order chi connectivity index (χ1) is 13.6. The Morgan fingerprint density at radius 1 is 1.03 bits per heavy atom. The highest BCUT2D eigenvalue weighted by Crippen LogP contribution is 2.16. The third-order valence-corrected chi connectivity index (χ3v) is 4.96. The standard InChI is InChI=1S/C23H39N3O3/c1-6-7-8-9-10-11-12-19-13-15-21(16-14-19)25(2)23(29)24-20(17-22(27)28)18-26(3,4)5/h13-16,20H,6-12,17-18H2,1-5H3,(H-,24,27,28,29)/p+1/t20-/m1/s1. The van der Waals surface area contributed by atoms with Gasteiger partial charge in [0.2, 0.25) is 0 Å². The lowest BCUT2D eigenvalue weighted by molar-refractivity contribution is -0.871. The van der Waals surface area contributed by atoms with Gasteiger partial charge in [0, 0.05) is 12.7 Å². The molecule has 1 rings (SSSR count). The Hall–Kier alpha value is -2.08. The van der Waals surface area contributed by atoms with Crippen LogP contribution in [0.5, 0.6) is 0 Å². The minimum atomic E-state index is -0.912. The van der Waals surface area contributed by atoms with Crippen molar-refractivity contribution in [3.05, 3.63) is 29.8 Å². The number of carbonyl (C=O) groups is 2. The summed E-state index contributed by atoms with van der Waals surface area (Å²) in [7, 11) is 7.65. The van der Waals surface area contributed by atoms with Crippen LogP contribution in [0.25, 0.3) is 0 Å². The number of carboxylic acid groups (broad SMARTS) is 1. The van der Waals surface area contributed by atoms with Gasteiger partial charge in [-0.25, -0.2) is 4.79 Å². The zero-order valence-corrected chi connectivity index (χ0v) is 18.9. The number of rotatable bonds is 13. The second kappa shape index (κ2) is 12.5. The average Bonchev–Trinajstić information content (AvgIpc) is 2.62. The summed E-state index contributed by atoms with van der Waals surface area (Å²) in [5.74, 6) is -0.912. The highest BCUT2D eigenvalue weighted by molar-refractivity contribution is 5.91. The molecular weight excluding hydrogens is 366 g/mol. The number of anilines is 1. The molecule has 0 radical (unpaired) electrons. The number of unbranched alkanes of at least 4 members (excludes halogenated alkanes) is 5. The van der Waals surface area contributed by atoms with Crippen molar-refractivity contribution >= 4 is 17.7 Å². The quantitative estimate of drug-likeness (QED) is 0.379. The van der Waals surface area contributed by atoms with Gasteiger partial charge in [-0.1, -0.05) is 51.2 Å². The molecule has 6 nitrogen and oxygen atoms in total. The van der Waals surface area contributed by atoms with Crippen molar-refractivity contribution in [1.82, 2.24) is 5.32 Å². The van der Waals surface area contributed by atoms with Gasteiger partial charge in [-0.05, 0) is 30.5 Å². The molecule has 0 fully saturated rings. The molecule has 1 atom stereocenters. The molecule has 1 aromatic rings. The van der Waals surface area contributed by atoms with Gasteiger partial charge < -0.3 is 14.9 Å². The van der Waals surface area contributed by atoms with Crippen LogP contribution in [-0.4, -0.2) is 62.4 Å². The van der Waals surface area contributed by atoms with E-state index in [-0.39, 0.29) is 12.5 Å². The van der Waals surface area contributed by atoms with Crippen molar-refractivity contribution in [2.45, 2.75) is 64.3 Å². The fourth-order valence-corrected chi connectivity index (χ4v) is 3.42. The van der Waals surface area contributed by atoms with Gasteiger partial charge in [-0.15, -0.1) is 0 Å². The zero-order chi connectivity index (χ0) is 21.9. The monoisotopic (exact) mass is 406 g/mol. The van der Waals surface area contributed by atoms with E-state index in [2.05, 4.69) is 24.4 Å². The first kappa shape index (κ1) is 25.0. The number of carboxylic acids is 1. The van der Waals surface area contributed by atoms with Crippen LogP contribution in [-0.2, 0) is 11.2 Å². The highest BCUT2D eigenvalue weighted by Gasteiger charge is 2.24. The van der Waals surface area contributed by atoms with Crippen molar-refractivity contribution in [3.8, 4) is 0 Å². The summed E-state index contributed by atoms with van der Waals surface area (Å²) in [6, 6.07) is 7.36. The Balaban J connectivity index is 2.57. The molecule has 2 amide bonds. The first-order valence-electron chi connectivity index (χ1n) is 10.8. The smallest absolute Gasteiger partial charge is 0.322 e. The van der Waals surface area contributed by atoms with Crippen molar-refractivity contribution in [2.24, 2.45) is 0 Å². The number of amides is 2. The van der Waals surface area contributed by atoms with Gasteiger partial charge in [0.15, 0.2) is 0 Å². The number of quaternary nitrogens is 1. The van der Waals surface area contributed by atoms with Crippen LogP contribution in [0, 0.1) is 0 Å². The van der Waals surface area contributed by atoms with E-state index in [0.29, 0.717) is 11.0 Å². The van der Waals surface area contributed by atoms with Gasteiger partial charge in [0.25, 0.3) is 0 Å². The minimum absolute atomic E-state index is 0.0910. The Morgan fingerprint density at radius 3 is 2.17 bits per heavy atom. The Morgan fingerprint density at radius 2 is 1.62 bits per heavy atom. The summed E-state index contributed by atoms with van der Waals surface area (Å²) in [5.41, 5.74) is 2.08. The predicted octanol–water partition coefficient (Wildman–Crippen LogP) is 4.28. The molecule has 1 aromatic carbocycles. The van der Waals surface area contributed by atoms with E-state index in [4.69, 9.17) is 5.11 Å². The number of nitrogens with zero attached hydrogens (tertiary/aromatic N) is 2. The Kier molecular flexibility index (Phi) is 10.7. The van der Waals surface area contributed by atoms with Crippen molar-refractivity contribution in [3.63, 3.8) is 0 Å². The van der Waals surface area contributed by atoms with Gasteiger partial charge in [0.05, 0.1) is 40.2 Å². The fourth-order valence-electron chi connectivity index (χ4n) is 3.42. The summed E-state index contributed by atoms with van der Waals surface area (Å²) in [6.07, 6.45) is 8.66. The van der Waals surface area contributed by atoms with Crippen LogP contribution in [0.15, 0.2) is 24.3 Å². The van der Waals surface area contributed by atoms with Gasteiger partial charge in [0.1, 0.15) is 0 Å². The number of benzene rings is 1. The molecule has 0 saturated heterocycles. The molecule has 0 aliphatic rings. The van der Waals surface area contributed by atoms with Gasteiger partial charge in [-0.2, -0.15) is 0 Å². The van der Waals surface area contributed by atoms with Crippen LogP contribution in [0.1, 0.15) is 57.4 Å². The minimum Gasteiger partial charge on any atom is -0.481 e. The summed E-state index contributed by atoms with van der Waals surface area (Å²) in [5, 5.41) is 12.0. The largest absolute Gasteiger partial charge is 0.481 e. The molecule has 0 aliphatic carbocycles. The molecule has 0 bridgehead atoms. The van der Waals surface area contributed by atoms with Crippen molar-refractivity contribution in [1.29, 1.82) is 0 Å². The summed E-state index contributed by atoms with van der Waals surface area (Å²) < 4.78 is 0.578. The Bertz CT molecular complexity index is 623. The number of hydrogen-bond donors (Lipinski definition) is 2. The predicted molar refractivity (Wildman–Crippen MR) is 119 cm³/mol. The van der Waals surface area contributed by atoms with Crippen LogP contribution < -0.4 is 10.2 Å². The second-order valence-electron chi connectivity index (χ2n) is 8.96. The Labute approximate surface area is 176 Å². The first-order valence-corrected chi connectivity index (χ1v) is 10.8. The highest BCUT2D eigenvalue weighted by atomic mass is 16.4. The molecule has 0 unspecified atom stereocenters. The molecule has 0 aromatic heterocycles. The third kappa shape index (κ3) is 10.9. The normalized spacial score (nSPS) is 12.4. The van der Waals surface area contributed by atoms with E-state index in [1.807, 2.05) is 33.3 Å². The summed E-state index contributed by atoms with van der Waals surface area (Å²) in [4.78, 5) is 25.3. The topological polar surface area (TPSA) is 69.6 Å². The number of aliphatic carboxylic acids is 1. The van der Waals surface area contributed by atoms with Crippen molar-refractivity contribution < 1.29 is 19.2 Å². The van der Waals surface area contributed by atoms with E-state index in [1.54, 1.807) is 11.9 Å². The SMILES string of the molecule is CCCCCCCCc1ccc(N(C)C(=O)N[C@H](CC(=O)O)C[N+](C)(C)C)cc1. The number of hydrogen-bond acceptors (Lipinski definition) is 2. The molecule has 2 N–H and O–H groups in total. The summed E-state index contributed by atoms with van der Waals surface area (Å²) in [6.45, 7) is 2.78. The third-order valence-electron chi connectivity index (χ3n) is 4.96. The maximum absolute atomic E-state index is 12.6. The number of aryl methyl sites for hydroxylation is 1. The molecular formula is C23H40N3O3+. The van der Waals surface area contributed by atoms with Crippen molar-refractivity contribution in [2.75, 3.05) is 39.6 Å². The van der Waals surface area contributed by atoms with Crippen LogP contribution >= 0.6 is 0 Å². The van der Waals surface area contributed by atoms with Gasteiger partial charge >= 0.3 is 12.0 Å². The summed E-state index contributed by atoms with van der Waals surface area (Å²) >= 11 is 0. The molecule has 0 heterocycles. The molecule has 0 aliphatic heterocycles. The van der Waals surface area contributed by atoms with E-state index in [1.165, 1.54) is 44.1 Å². The molecule has 0 spiro atoms. The molecule has 6 heteroatoms. The maximum Gasteiger partial charge on any atom is 0.322 e. The second-order valence-corrected chi connectivity index (χ2v) is 8.96. The number of likely N-dealkylation sites (N-methyl/N-ethyl adjacent to an activating group) is 1. The van der Waals surface area contributed by atoms with E-state index in [0.717, 1.165) is 12.1 Å². The van der Waals surface area contributed by atoms with Gasteiger partial charge in [-0.3, -0.25) is 9.69 Å². The van der Waals surface area contributed by atoms with E-state index in [9.17, 15) is 9.59 Å². The zero-order valence-electron chi connectivity index (χ0n) is 18.9. The lowest BCUT2D eigenvalue weighted by atomic mass is 10.0. The fraction of sp³-hybridized carbons (Fsp3) is 0.652. The molecule has 164 valence electrons. The number of carbonyl (C=O) groups excluding carboxylic acids is 1. The van der Waals surface area contributed by atoms with Crippen LogP contribution in [0.2, 0.25) is 0 Å². The average molecular weight is 407 g/mol. The molecule has 0 saturated carbocycles. The number of nitrogens with one attached hydrogen (secondary N) is 1. The van der Waals surface area contributed by atoms with Crippen LogP contribution in [0.4, 0.5) is 10.5 Å². The number of urea groups is 1. The van der Waals surface area contributed by atoms with E-state index < -0.39 is 12.0 Å². The lowest BCUT2D eigenvalue weighted by Crippen LogP contribution is -2.52. The van der Waals surface area contributed by atoms with Crippen LogP contribution in [0.3, 0.4) is 0 Å². The van der Waals surface area contributed by atoms with E-state index >= 15 is 0 Å². The molecule has 29 heavy (non-hydrogen) atoms.